The topological polar surface area (TPSA) is 47.0 Å². The number of pyridine rings is 1. The Kier molecular flexibility index (Phi) is 9.71. The van der Waals surface area contributed by atoms with Gasteiger partial charge in [-0.15, -0.1) is 29.8 Å². The second-order valence-electron chi connectivity index (χ2n) is 19.3. The van der Waals surface area contributed by atoms with Crippen molar-refractivity contribution >= 4 is 23.1 Å². The Morgan fingerprint density at radius 2 is 1.32 bits per heavy atom. The molecule has 0 spiro atoms. The quantitative estimate of drug-likeness (QED) is 0.165. The van der Waals surface area contributed by atoms with Crippen LogP contribution in [0.3, 0.4) is 0 Å². The minimum Gasteiger partial charge on any atom is -0.507 e. The zero-order valence-electron chi connectivity index (χ0n) is 36.1. The molecule has 3 heterocycles. The number of benzene rings is 5. The summed E-state index contributed by atoms with van der Waals surface area (Å²) in [6, 6.07) is 44.2. The third kappa shape index (κ3) is 6.65. The Bertz CT molecular complexity index is 2670. The number of hydrogen-bond donors (Lipinski definition) is 0. The van der Waals surface area contributed by atoms with E-state index in [0.29, 0.717) is 17.4 Å². The van der Waals surface area contributed by atoms with E-state index in [4.69, 9.17) is 19.5 Å². The third-order valence-electron chi connectivity index (χ3n) is 12.8. The van der Waals surface area contributed by atoms with Gasteiger partial charge in [-0.25, -0.2) is 4.98 Å². The number of anilines is 3. The predicted octanol–water partition coefficient (Wildman–Crippen LogP) is 13.0. The van der Waals surface area contributed by atoms with Crippen LogP contribution in [0.25, 0.3) is 0 Å². The van der Waals surface area contributed by atoms with Gasteiger partial charge in [-0.05, 0) is 71.0 Å². The summed E-state index contributed by atoms with van der Waals surface area (Å²) in [7, 11) is 0. The first-order valence-electron chi connectivity index (χ1n) is 20.5. The van der Waals surface area contributed by atoms with Gasteiger partial charge in [-0.2, -0.15) is 5.56 Å². The van der Waals surface area contributed by atoms with Crippen molar-refractivity contribution in [3.05, 3.63) is 177 Å². The molecule has 0 saturated carbocycles. The average Bonchev–Trinajstić information content (AvgIpc) is 3.41. The van der Waals surface area contributed by atoms with Gasteiger partial charge in [-0.1, -0.05) is 152 Å². The van der Waals surface area contributed by atoms with Crippen LogP contribution in [0, 0.1) is 19.1 Å². The minimum atomic E-state index is -0.741. The summed E-state index contributed by atoms with van der Waals surface area (Å²) in [4.78, 5) is 12.7. The summed E-state index contributed by atoms with van der Waals surface area (Å²) in [5.41, 5.74) is 11.6. The first-order chi connectivity index (χ1) is 27.4. The van der Waals surface area contributed by atoms with Crippen LogP contribution in [-0.2, 0) is 59.6 Å². The fraction of sp³-hybridized carbons (Fsp3) is 0.321. The molecule has 0 amide bonds. The van der Waals surface area contributed by atoms with Crippen molar-refractivity contribution in [2.45, 2.75) is 110 Å². The maximum atomic E-state index is 7.15. The molecular weight excluding hydrogens is 906 g/mol. The van der Waals surface area contributed by atoms with Gasteiger partial charge in [0.15, 0.2) is 0 Å². The van der Waals surface area contributed by atoms with Crippen molar-refractivity contribution in [1.29, 1.82) is 0 Å². The molecule has 0 N–H and O–H groups in total. The van der Waals surface area contributed by atoms with Crippen LogP contribution < -0.4 is 9.64 Å². The molecule has 59 heavy (non-hydrogen) atoms. The van der Waals surface area contributed by atoms with Crippen LogP contribution in [0.5, 0.6) is 11.5 Å². The van der Waals surface area contributed by atoms with Crippen LogP contribution >= 0.6 is 0 Å². The monoisotopic (exact) mass is 958 g/mol. The summed E-state index contributed by atoms with van der Waals surface area (Å²) >= 11 is 0. The summed E-state index contributed by atoms with van der Waals surface area (Å²) in [6.07, 6.45) is 2.71. The molecule has 1 aliphatic carbocycles. The molecule has 9 rings (SSSR count). The Labute approximate surface area is 365 Å². The third-order valence-corrected chi connectivity index (χ3v) is 12.8. The summed E-state index contributed by atoms with van der Waals surface area (Å²) in [6.45, 7) is 24.6. The normalized spacial score (nSPS) is 20.1. The zero-order valence-corrected chi connectivity index (χ0v) is 38.3. The number of fused-ring (bicyclic) bond motifs is 7. The van der Waals surface area contributed by atoms with Crippen molar-refractivity contribution in [3.63, 3.8) is 0 Å². The molecule has 1 aromatic heterocycles. The van der Waals surface area contributed by atoms with E-state index in [1.807, 2.05) is 18.3 Å². The molecule has 0 radical (unpaired) electrons. The first kappa shape index (κ1) is 40.8. The first-order valence-corrected chi connectivity index (χ1v) is 20.5. The van der Waals surface area contributed by atoms with Gasteiger partial charge >= 0.3 is 21.1 Å². The van der Waals surface area contributed by atoms with Gasteiger partial charge < -0.3 is 14.4 Å². The van der Waals surface area contributed by atoms with E-state index in [2.05, 4.69) is 184 Å². The summed E-state index contributed by atoms with van der Waals surface area (Å²) in [5, 5.41) is 0. The molecule has 6 aromatic rings. The molecule has 0 saturated heterocycles. The van der Waals surface area contributed by atoms with Crippen LogP contribution in [0.1, 0.15) is 125 Å². The number of nitrogens with zero attached hydrogens (tertiary/aromatic N) is 3. The average molecular weight is 959 g/mol. The van der Waals surface area contributed by atoms with E-state index in [1.54, 1.807) is 0 Å². The van der Waals surface area contributed by atoms with Crippen LogP contribution in [0.2, 0.25) is 0 Å². The number of aliphatic imine (C=N–C) groups is 1. The SMILES string of the molecule is Cc1cc(Oc2[c-]c(C3=N[C@]4(C)c5ccccc5Cc5ccccc5[C@]4(C)O3)cc(C(C)(C)C)c2)[c-]c(N2c3ccc(C(C)(C)C)cc3C(C)(C)c3cccnc32)c1.[Pt+2]. The standard InChI is InChI=1S/C53H53N3O2.Pt/c1-33-25-39(56-46-23-22-37(49(2,3)4)31-45(46)51(8,9)44-21-16-24-54-47(44)56)32-40(26-33)57-41-29-36(28-38(30-41)50(5,6)7)48-55-52(10)42-19-14-12-17-34(42)27-35-18-13-15-20-43(35)53(52,11)58-48;/h12-26,28,30-31H,27H2,1-11H3;/q-2;+2/t52-,53+;/m1./s1. The van der Waals surface area contributed by atoms with E-state index in [1.165, 1.54) is 33.4 Å². The number of ether oxygens (including phenoxy) is 2. The van der Waals surface area contributed by atoms with Crippen molar-refractivity contribution in [2.24, 2.45) is 4.99 Å². The molecule has 5 nitrogen and oxygen atoms in total. The second-order valence-corrected chi connectivity index (χ2v) is 19.3. The fourth-order valence-corrected chi connectivity index (χ4v) is 9.24. The van der Waals surface area contributed by atoms with Gasteiger partial charge in [-0.3, -0.25) is 4.99 Å². The Balaban J connectivity index is 0.00000484. The maximum Gasteiger partial charge on any atom is 2.00 e. The Hall–Kier alpha value is -4.99. The minimum absolute atomic E-state index is 0. The molecule has 0 bridgehead atoms. The van der Waals surface area contributed by atoms with Crippen molar-refractivity contribution < 1.29 is 30.5 Å². The van der Waals surface area contributed by atoms with Gasteiger partial charge in [0.1, 0.15) is 22.9 Å². The molecule has 2 aliphatic heterocycles. The van der Waals surface area contributed by atoms with Crippen LogP contribution in [0.15, 0.2) is 114 Å². The number of aromatic nitrogens is 1. The number of rotatable bonds is 4. The molecule has 3 aliphatic rings. The van der Waals surface area contributed by atoms with Gasteiger partial charge in [0.05, 0.1) is 0 Å². The molecule has 0 unspecified atom stereocenters. The number of hydrogen-bond acceptors (Lipinski definition) is 5. The van der Waals surface area contributed by atoms with E-state index < -0.39 is 11.1 Å². The Morgan fingerprint density at radius 3 is 2.03 bits per heavy atom. The van der Waals surface area contributed by atoms with E-state index in [0.717, 1.165) is 45.9 Å². The van der Waals surface area contributed by atoms with Crippen molar-refractivity contribution in [3.8, 4) is 11.5 Å². The van der Waals surface area contributed by atoms with Gasteiger partial charge in [0.25, 0.3) is 0 Å². The van der Waals surface area contributed by atoms with Gasteiger partial charge in [0.2, 0.25) is 0 Å². The van der Waals surface area contributed by atoms with Crippen LogP contribution in [-0.4, -0.2) is 10.9 Å². The Morgan fingerprint density at radius 1 is 0.678 bits per heavy atom. The molecule has 2 atom stereocenters. The maximum absolute atomic E-state index is 7.15. The molecular formula is C53H53N3O2Pt. The van der Waals surface area contributed by atoms with Crippen LogP contribution in [0.4, 0.5) is 17.2 Å². The molecule has 302 valence electrons. The zero-order chi connectivity index (χ0) is 41.0. The van der Waals surface area contributed by atoms with Crippen molar-refractivity contribution in [2.75, 3.05) is 4.90 Å². The largest absolute Gasteiger partial charge is 2.00 e. The molecule has 0 fully saturated rings. The fourth-order valence-electron chi connectivity index (χ4n) is 9.24. The predicted molar refractivity (Wildman–Crippen MR) is 235 cm³/mol. The smallest absolute Gasteiger partial charge is 0.507 e. The summed E-state index contributed by atoms with van der Waals surface area (Å²) < 4.78 is 14.0. The van der Waals surface area contributed by atoms with Crippen molar-refractivity contribution in [1.82, 2.24) is 4.98 Å². The van der Waals surface area contributed by atoms with E-state index in [9.17, 15) is 0 Å². The molecule has 6 heteroatoms. The number of aryl methyl sites for hydroxylation is 1. The van der Waals surface area contributed by atoms with E-state index in [-0.39, 0.29) is 37.3 Å². The van der Waals surface area contributed by atoms with E-state index >= 15 is 0 Å². The summed E-state index contributed by atoms with van der Waals surface area (Å²) in [5.74, 6) is 2.64. The second kappa shape index (κ2) is 14.1. The molecule has 5 aromatic carbocycles. The van der Waals surface area contributed by atoms with Gasteiger partial charge in [0, 0.05) is 39.9 Å².